The Morgan fingerprint density at radius 3 is 2.67 bits per heavy atom. The van der Waals surface area contributed by atoms with Crippen molar-refractivity contribution >= 4 is 17.5 Å². The molecule has 3 rings (SSSR count). The van der Waals surface area contributed by atoms with E-state index in [-0.39, 0.29) is 17.2 Å². The standard InChI is InChI=1S/C25H33ClN2O2/c1-25(2,3)21-11-5-7-13-23(21)30-16-14-27-24(29)20-10-8-15-28(18-20)17-19-9-4-6-12-22(19)26/h4-7,9,11-13,20H,8,10,14-18H2,1-3H3,(H,27,29). The number of amides is 1. The molecule has 5 heteroatoms. The molecule has 0 aromatic heterocycles. The van der Waals surface area contributed by atoms with E-state index < -0.39 is 0 Å². The highest BCUT2D eigenvalue weighted by Gasteiger charge is 2.26. The Labute approximate surface area is 185 Å². The summed E-state index contributed by atoms with van der Waals surface area (Å²) in [5, 5.41) is 3.85. The Kier molecular flexibility index (Phi) is 7.79. The molecule has 4 nitrogen and oxygen atoms in total. The van der Waals surface area contributed by atoms with E-state index >= 15 is 0 Å². The van der Waals surface area contributed by atoms with Gasteiger partial charge < -0.3 is 10.1 Å². The van der Waals surface area contributed by atoms with Gasteiger partial charge in [0.05, 0.1) is 12.5 Å². The number of halogens is 1. The maximum Gasteiger partial charge on any atom is 0.224 e. The van der Waals surface area contributed by atoms with E-state index in [1.54, 1.807) is 0 Å². The molecule has 0 bridgehead atoms. The molecule has 1 aliphatic heterocycles. The fourth-order valence-corrected chi connectivity index (χ4v) is 4.17. The van der Waals surface area contributed by atoms with Gasteiger partial charge in [-0.1, -0.05) is 68.8 Å². The predicted octanol–water partition coefficient (Wildman–Crippen LogP) is 5.04. The lowest BCUT2D eigenvalue weighted by atomic mass is 9.86. The third-order valence-corrected chi connectivity index (χ3v) is 5.95. The average molecular weight is 429 g/mol. The van der Waals surface area contributed by atoms with Crippen LogP contribution in [-0.4, -0.2) is 37.0 Å². The Bertz CT molecular complexity index is 847. The van der Waals surface area contributed by atoms with Crippen LogP contribution in [-0.2, 0) is 16.8 Å². The Morgan fingerprint density at radius 1 is 1.17 bits per heavy atom. The van der Waals surface area contributed by atoms with Crippen LogP contribution in [0, 0.1) is 5.92 Å². The molecule has 0 radical (unpaired) electrons. The first-order valence-corrected chi connectivity index (χ1v) is 11.2. The molecule has 1 atom stereocenters. The summed E-state index contributed by atoms with van der Waals surface area (Å²) >= 11 is 6.30. The van der Waals surface area contributed by atoms with Crippen molar-refractivity contribution < 1.29 is 9.53 Å². The van der Waals surface area contributed by atoms with E-state index in [2.05, 4.69) is 43.1 Å². The molecule has 2 aromatic rings. The molecule has 1 aliphatic rings. The Balaban J connectivity index is 1.46. The second-order valence-corrected chi connectivity index (χ2v) is 9.46. The largest absolute Gasteiger partial charge is 0.491 e. The number of piperidine rings is 1. The summed E-state index contributed by atoms with van der Waals surface area (Å²) in [5.74, 6) is 1.03. The minimum absolute atomic E-state index is 0.0168. The predicted molar refractivity (Wildman–Crippen MR) is 123 cm³/mol. The van der Waals surface area contributed by atoms with Crippen molar-refractivity contribution in [3.8, 4) is 5.75 Å². The number of para-hydroxylation sites is 1. The van der Waals surface area contributed by atoms with Crippen LogP contribution >= 0.6 is 11.6 Å². The number of nitrogens with zero attached hydrogens (tertiary/aromatic N) is 1. The van der Waals surface area contributed by atoms with Crippen molar-refractivity contribution in [1.82, 2.24) is 10.2 Å². The lowest BCUT2D eigenvalue weighted by Crippen LogP contribution is -2.43. The van der Waals surface area contributed by atoms with E-state index in [4.69, 9.17) is 16.3 Å². The number of carbonyl (C=O) groups excluding carboxylic acids is 1. The molecule has 1 saturated heterocycles. The lowest BCUT2D eigenvalue weighted by Gasteiger charge is -2.32. The van der Waals surface area contributed by atoms with Gasteiger partial charge >= 0.3 is 0 Å². The summed E-state index contributed by atoms with van der Waals surface area (Å²) < 4.78 is 5.97. The van der Waals surface area contributed by atoms with Gasteiger partial charge in [-0.3, -0.25) is 9.69 Å². The van der Waals surface area contributed by atoms with Crippen LogP contribution in [0.15, 0.2) is 48.5 Å². The van der Waals surface area contributed by atoms with Gasteiger partial charge in [-0.05, 0) is 48.1 Å². The van der Waals surface area contributed by atoms with Gasteiger partial charge in [-0.25, -0.2) is 0 Å². The SMILES string of the molecule is CC(C)(C)c1ccccc1OCCNC(=O)C1CCCN(Cc2ccccc2Cl)C1. The van der Waals surface area contributed by atoms with Crippen LogP contribution in [0.2, 0.25) is 5.02 Å². The highest BCUT2D eigenvalue weighted by atomic mass is 35.5. The van der Waals surface area contributed by atoms with Crippen molar-refractivity contribution in [2.75, 3.05) is 26.2 Å². The van der Waals surface area contributed by atoms with E-state index in [1.807, 2.05) is 36.4 Å². The van der Waals surface area contributed by atoms with Gasteiger partial charge in [0.25, 0.3) is 0 Å². The zero-order chi connectivity index (χ0) is 21.6. The number of hydrogen-bond donors (Lipinski definition) is 1. The lowest BCUT2D eigenvalue weighted by molar-refractivity contribution is -0.126. The summed E-state index contributed by atoms with van der Waals surface area (Å²) in [6.07, 6.45) is 1.95. The topological polar surface area (TPSA) is 41.6 Å². The maximum absolute atomic E-state index is 12.7. The molecule has 1 N–H and O–H groups in total. The van der Waals surface area contributed by atoms with Crippen molar-refractivity contribution in [2.45, 2.75) is 45.6 Å². The highest BCUT2D eigenvalue weighted by molar-refractivity contribution is 6.31. The van der Waals surface area contributed by atoms with Gasteiger partial charge in [0.1, 0.15) is 12.4 Å². The van der Waals surface area contributed by atoms with Crippen LogP contribution in [0.5, 0.6) is 5.75 Å². The number of likely N-dealkylation sites (tertiary alicyclic amines) is 1. The normalized spacial score (nSPS) is 17.5. The molecule has 30 heavy (non-hydrogen) atoms. The fourth-order valence-electron chi connectivity index (χ4n) is 3.97. The summed E-state index contributed by atoms with van der Waals surface area (Å²) in [7, 11) is 0. The summed E-state index contributed by atoms with van der Waals surface area (Å²) in [6.45, 7) is 10.1. The molecule has 0 spiro atoms. The molecule has 1 fully saturated rings. The van der Waals surface area contributed by atoms with Crippen LogP contribution < -0.4 is 10.1 Å². The number of nitrogens with one attached hydrogen (secondary N) is 1. The van der Waals surface area contributed by atoms with E-state index in [1.165, 1.54) is 5.56 Å². The summed E-state index contributed by atoms with van der Waals surface area (Å²) in [5.41, 5.74) is 2.32. The maximum atomic E-state index is 12.7. The van der Waals surface area contributed by atoms with E-state index in [9.17, 15) is 4.79 Å². The molecule has 162 valence electrons. The monoisotopic (exact) mass is 428 g/mol. The number of benzene rings is 2. The third kappa shape index (κ3) is 6.23. The number of rotatable bonds is 7. The van der Waals surface area contributed by atoms with Gasteiger partial charge in [0.2, 0.25) is 5.91 Å². The van der Waals surface area contributed by atoms with Crippen molar-refractivity contribution in [2.24, 2.45) is 5.92 Å². The highest BCUT2D eigenvalue weighted by Crippen LogP contribution is 2.30. The summed E-state index contributed by atoms with van der Waals surface area (Å²) in [4.78, 5) is 15.0. The van der Waals surface area contributed by atoms with Crippen molar-refractivity contribution in [3.63, 3.8) is 0 Å². The Hall–Kier alpha value is -2.04. The molecule has 1 heterocycles. The quantitative estimate of drug-likeness (QED) is 0.628. The smallest absolute Gasteiger partial charge is 0.224 e. The van der Waals surface area contributed by atoms with Gasteiger partial charge in [-0.15, -0.1) is 0 Å². The number of hydrogen-bond acceptors (Lipinski definition) is 3. The van der Waals surface area contributed by atoms with Gasteiger partial charge in [0, 0.05) is 18.1 Å². The zero-order valence-corrected chi connectivity index (χ0v) is 19.0. The van der Waals surface area contributed by atoms with Crippen LogP contribution in [0.4, 0.5) is 0 Å². The van der Waals surface area contributed by atoms with Crippen molar-refractivity contribution in [1.29, 1.82) is 0 Å². The molecule has 0 saturated carbocycles. The summed E-state index contributed by atoms with van der Waals surface area (Å²) in [6, 6.07) is 16.0. The zero-order valence-electron chi connectivity index (χ0n) is 18.3. The molecular formula is C25H33ClN2O2. The Morgan fingerprint density at radius 2 is 1.90 bits per heavy atom. The number of ether oxygens (including phenoxy) is 1. The van der Waals surface area contributed by atoms with Gasteiger partial charge in [0.15, 0.2) is 0 Å². The second-order valence-electron chi connectivity index (χ2n) is 9.05. The first-order valence-electron chi connectivity index (χ1n) is 10.8. The molecule has 1 unspecified atom stereocenters. The third-order valence-electron chi connectivity index (χ3n) is 5.58. The minimum Gasteiger partial charge on any atom is -0.491 e. The fraction of sp³-hybridized carbons (Fsp3) is 0.480. The van der Waals surface area contributed by atoms with Crippen LogP contribution in [0.25, 0.3) is 0 Å². The van der Waals surface area contributed by atoms with E-state index in [0.717, 1.165) is 48.8 Å². The molecule has 1 amide bonds. The minimum atomic E-state index is 0.0168. The van der Waals surface area contributed by atoms with Crippen LogP contribution in [0.3, 0.4) is 0 Å². The number of carbonyl (C=O) groups is 1. The van der Waals surface area contributed by atoms with Gasteiger partial charge in [-0.2, -0.15) is 0 Å². The molecule has 0 aliphatic carbocycles. The average Bonchev–Trinajstić information content (AvgIpc) is 2.72. The second kappa shape index (κ2) is 10.3. The molecule has 2 aromatic carbocycles. The molecular weight excluding hydrogens is 396 g/mol. The van der Waals surface area contributed by atoms with E-state index in [0.29, 0.717) is 13.2 Å². The van der Waals surface area contributed by atoms with Crippen LogP contribution in [0.1, 0.15) is 44.7 Å². The van der Waals surface area contributed by atoms with Crippen molar-refractivity contribution in [3.05, 3.63) is 64.7 Å². The first kappa shape index (κ1) is 22.6. The first-order chi connectivity index (χ1) is 14.3.